The van der Waals surface area contributed by atoms with E-state index in [1.807, 2.05) is 6.92 Å². The van der Waals surface area contributed by atoms with Crippen LogP contribution in [0.15, 0.2) is 12.1 Å². The van der Waals surface area contributed by atoms with Gasteiger partial charge in [0.2, 0.25) is 0 Å². The summed E-state index contributed by atoms with van der Waals surface area (Å²) in [6, 6.07) is 2.14. The van der Waals surface area contributed by atoms with Gasteiger partial charge in [0.1, 0.15) is 0 Å². The molecular weight excluding hydrogens is 218 g/mol. The molecule has 0 aliphatic rings. The second kappa shape index (κ2) is 4.90. The highest BCUT2D eigenvalue weighted by Gasteiger charge is 2.19. The lowest BCUT2D eigenvalue weighted by Crippen LogP contribution is -2.43. The zero-order valence-electron chi connectivity index (χ0n) is 8.06. The molecule has 0 unspecified atom stereocenters. The van der Waals surface area contributed by atoms with E-state index in [2.05, 4.69) is 5.32 Å². The number of rotatable bonds is 4. The molecule has 3 N–H and O–H groups in total. The van der Waals surface area contributed by atoms with Crippen LogP contribution in [0.5, 0.6) is 0 Å². The summed E-state index contributed by atoms with van der Waals surface area (Å²) >= 11 is 1.27. The highest BCUT2D eigenvalue weighted by molar-refractivity contribution is 7.13. The minimum Gasteiger partial charge on any atom is -0.480 e. The number of aliphatic hydroxyl groups is 1. The molecule has 1 amide bonds. The Balaban J connectivity index is 2.66. The molecule has 15 heavy (non-hydrogen) atoms. The number of aliphatic carboxylic acids is 1. The summed E-state index contributed by atoms with van der Waals surface area (Å²) in [4.78, 5) is 23.4. The molecule has 1 aromatic heterocycles. The van der Waals surface area contributed by atoms with Crippen molar-refractivity contribution in [3.05, 3.63) is 21.9 Å². The van der Waals surface area contributed by atoms with E-state index in [9.17, 15) is 9.59 Å². The van der Waals surface area contributed by atoms with Gasteiger partial charge in [0.15, 0.2) is 6.04 Å². The molecule has 0 saturated heterocycles. The summed E-state index contributed by atoms with van der Waals surface area (Å²) in [5, 5.41) is 19.5. The molecule has 0 saturated carbocycles. The average Bonchev–Trinajstić information content (AvgIpc) is 2.60. The lowest BCUT2D eigenvalue weighted by Gasteiger charge is -2.10. The summed E-state index contributed by atoms with van der Waals surface area (Å²) in [7, 11) is 0. The van der Waals surface area contributed by atoms with E-state index < -0.39 is 24.5 Å². The van der Waals surface area contributed by atoms with E-state index in [-0.39, 0.29) is 0 Å². The van der Waals surface area contributed by atoms with Crippen molar-refractivity contribution in [1.29, 1.82) is 0 Å². The van der Waals surface area contributed by atoms with E-state index in [1.165, 1.54) is 11.3 Å². The van der Waals surface area contributed by atoms with Gasteiger partial charge in [0, 0.05) is 4.88 Å². The molecule has 1 heterocycles. The van der Waals surface area contributed by atoms with Gasteiger partial charge in [0.25, 0.3) is 5.91 Å². The van der Waals surface area contributed by atoms with E-state index >= 15 is 0 Å². The van der Waals surface area contributed by atoms with Crippen molar-refractivity contribution in [2.45, 2.75) is 13.0 Å². The molecule has 1 aromatic rings. The number of aliphatic hydroxyl groups excluding tert-OH is 1. The first-order chi connectivity index (χ1) is 7.04. The van der Waals surface area contributed by atoms with Gasteiger partial charge in [-0.1, -0.05) is 0 Å². The van der Waals surface area contributed by atoms with E-state index in [0.29, 0.717) is 4.88 Å². The minimum atomic E-state index is -1.25. The highest BCUT2D eigenvalue weighted by atomic mass is 32.1. The molecule has 0 aromatic carbocycles. The lowest BCUT2D eigenvalue weighted by atomic mass is 10.3. The Hall–Kier alpha value is -1.40. The van der Waals surface area contributed by atoms with Gasteiger partial charge in [-0.3, -0.25) is 4.79 Å². The number of thiophene rings is 1. The number of hydrogen-bond donors (Lipinski definition) is 3. The van der Waals surface area contributed by atoms with Crippen LogP contribution in [0.4, 0.5) is 0 Å². The third-order valence-electron chi connectivity index (χ3n) is 1.75. The molecular formula is C9H11NO4S. The number of carbonyl (C=O) groups excluding carboxylic acids is 1. The van der Waals surface area contributed by atoms with Crippen LogP contribution in [0.3, 0.4) is 0 Å². The van der Waals surface area contributed by atoms with Gasteiger partial charge < -0.3 is 15.5 Å². The maximum atomic E-state index is 11.5. The maximum Gasteiger partial charge on any atom is 0.328 e. The van der Waals surface area contributed by atoms with Crippen LogP contribution in [0.25, 0.3) is 0 Å². The Kier molecular flexibility index (Phi) is 3.81. The van der Waals surface area contributed by atoms with Gasteiger partial charge in [-0.15, -0.1) is 11.3 Å². The third-order valence-corrected chi connectivity index (χ3v) is 2.75. The molecule has 0 fully saturated rings. The van der Waals surface area contributed by atoms with Crippen LogP contribution in [0.1, 0.15) is 14.5 Å². The van der Waals surface area contributed by atoms with Gasteiger partial charge >= 0.3 is 5.97 Å². The Labute approximate surface area is 90.4 Å². The molecule has 0 radical (unpaired) electrons. The second-order valence-corrected chi connectivity index (χ2v) is 4.25. The molecule has 0 aliphatic heterocycles. The van der Waals surface area contributed by atoms with Gasteiger partial charge in [0.05, 0.1) is 11.5 Å². The number of nitrogens with one attached hydrogen (secondary N) is 1. The topological polar surface area (TPSA) is 86.6 Å². The van der Waals surface area contributed by atoms with Crippen LogP contribution in [-0.2, 0) is 4.79 Å². The SMILES string of the molecule is Cc1ccc(C(=O)N[C@H](CO)C(=O)O)s1. The fourth-order valence-electron chi connectivity index (χ4n) is 0.971. The molecule has 82 valence electrons. The fraction of sp³-hybridized carbons (Fsp3) is 0.333. The third kappa shape index (κ3) is 3.03. The van der Waals surface area contributed by atoms with Crippen molar-refractivity contribution >= 4 is 23.2 Å². The van der Waals surface area contributed by atoms with Crippen molar-refractivity contribution in [2.75, 3.05) is 6.61 Å². The molecule has 1 atom stereocenters. The van der Waals surface area contributed by atoms with Crippen LogP contribution >= 0.6 is 11.3 Å². The predicted molar refractivity (Wildman–Crippen MR) is 55.0 cm³/mol. The number of carbonyl (C=O) groups is 2. The molecule has 0 bridgehead atoms. The molecule has 5 nitrogen and oxygen atoms in total. The quantitative estimate of drug-likeness (QED) is 0.690. The maximum absolute atomic E-state index is 11.5. The summed E-state index contributed by atoms with van der Waals surface area (Å²) in [5.41, 5.74) is 0. The molecule has 1 rings (SSSR count). The lowest BCUT2D eigenvalue weighted by molar-refractivity contribution is -0.140. The Bertz CT molecular complexity index is 374. The Morgan fingerprint density at radius 1 is 1.53 bits per heavy atom. The standard InChI is InChI=1S/C9H11NO4S/c1-5-2-3-7(15-5)8(12)10-6(4-11)9(13)14/h2-3,6,11H,4H2,1H3,(H,10,12)(H,13,14)/t6-/m1/s1. The summed E-state index contributed by atoms with van der Waals surface area (Å²) < 4.78 is 0. The average molecular weight is 229 g/mol. The number of carboxylic acids is 1. The van der Waals surface area contributed by atoms with E-state index in [4.69, 9.17) is 10.2 Å². The Morgan fingerprint density at radius 2 is 2.20 bits per heavy atom. The first kappa shape index (κ1) is 11.7. The van der Waals surface area contributed by atoms with Crippen LogP contribution in [-0.4, -0.2) is 34.7 Å². The van der Waals surface area contributed by atoms with Crippen LogP contribution in [0, 0.1) is 6.92 Å². The molecule has 0 aliphatic carbocycles. The van der Waals surface area contributed by atoms with E-state index in [1.54, 1.807) is 12.1 Å². The first-order valence-electron chi connectivity index (χ1n) is 4.25. The number of amides is 1. The monoisotopic (exact) mass is 229 g/mol. The van der Waals surface area contributed by atoms with Crippen molar-refractivity contribution in [1.82, 2.24) is 5.32 Å². The summed E-state index contributed by atoms with van der Waals surface area (Å²) in [6.07, 6.45) is 0. The minimum absolute atomic E-state index is 0.437. The first-order valence-corrected chi connectivity index (χ1v) is 5.07. The Morgan fingerprint density at radius 3 is 2.60 bits per heavy atom. The van der Waals surface area contributed by atoms with Crippen molar-refractivity contribution in [3.8, 4) is 0 Å². The molecule has 0 spiro atoms. The zero-order chi connectivity index (χ0) is 11.4. The highest BCUT2D eigenvalue weighted by Crippen LogP contribution is 2.14. The summed E-state index contributed by atoms with van der Waals surface area (Å²) in [6.45, 7) is 1.23. The van der Waals surface area contributed by atoms with Crippen molar-refractivity contribution < 1.29 is 19.8 Å². The van der Waals surface area contributed by atoms with Gasteiger partial charge in [-0.05, 0) is 19.1 Å². The van der Waals surface area contributed by atoms with Gasteiger partial charge in [-0.25, -0.2) is 4.79 Å². The van der Waals surface area contributed by atoms with Crippen molar-refractivity contribution in [2.24, 2.45) is 0 Å². The summed E-state index contributed by atoms with van der Waals surface area (Å²) in [5.74, 6) is -1.73. The zero-order valence-corrected chi connectivity index (χ0v) is 8.87. The number of aryl methyl sites for hydroxylation is 1. The largest absolute Gasteiger partial charge is 0.480 e. The number of hydrogen-bond acceptors (Lipinski definition) is 4. The van der Waals surface area contributed by atoms with Gasteiger partial charge in [-0.2, -0.15) is 0 Å². The predicted octanol–water partition coefficient (Wildman–Crippen LogP) is 0.232. The number of carboxylic acid groups (broad SMARTS) is 1. The van der Waals surface area contributed by atoms with Crippen LogP contribution < -0.4 is 5.32 Å². The molecule has 6 heteroatoms. The second-order valence-electron chi connectivity index (χ2n) is 2.96. The smallest absolute Gasteiger partial charge is 0.328 e. The van der Waals surface area contributed by atoms with Crippen LogP contribution in [0.2, 0.25) is 0 Å². The normalized spacial score (nSPS) is 12.1. The fourth-order valence-corrected chi connectivity index (χ4v) is 1.74. The van der Waals surface area contributed by atoms with Crippen molar-refractivity contribution in [3.63, 3.8) is 0 Å². The van der Waals surface area contributed by atoms with E-state index in [0.717, 1.165) is 4.88 Å².